The first kappa shape index (κ1) is 15.2. The summed E-state index contributed by atoms with van der Waals surface area (Å²) in [6, 6.07) is 6.01. The van der Waals surface area contributed by atoms with Crippen molar-refractivity contribution in [1.29, 1.82) is 0 Å². The van der Waals surface area contributed by atoms with Crippen LogP contribution >= 0.6 is 11.6 Å². The Balaban J connectivity index is 1.89. The van der Waals surface area contributed by atoms with E-state index in [0.717, 1.165) is 35.0 Å². The monoisotopic (exact) mass is 292 g/mol. The minimum atomic E-state index is 0.403. The fourth-order valence-electron chi connectivity index (χ4n) is 2.56. The molecule has 0 amide bonds. The molecule has 0 saturated carbocycles. The molecule has 0 aromatic heterocycles. The molecular formula is C17H25ClN2. The average Bonchev–Trinajstić information content (AvgIpc) is 2.40. The summed E-state index contributed by atoms with van der Waals surface area (Å²) in [4.78, 5) is 0. The number of halogens is 1. The van der Waals surface area contributed by atoms with Gasteiger partial charge in [0.1, 0.15) is 0 Å². The molecule has 2 nitrogen and oxygen atoms in total. The lowest BCUT2D eigenvalue weighted by Gasteiger charge is -2.33. The zero-order chi connectivity index (χ0) is 14.8. The fourth-order valence-corrected chi connectivity index (χ4v) is 2.74. The number of rotatable bonds is 3. The molecule has 20 heavy (non-hydrogen) atoms. The van der Waals surface area contributed by atoms with Gasteiger partial charge in [-0.2, -0.15) is 0 Å². The minimum absolute atomic E-state index is 0.403. The third kappa shape index (κ3) is 3.92. The van der Waals surface area contributed by atoms with Gasteiger partial charge in [-0.25, -0.2) is 0 Å². The second-order valence-corrected chi connectivity index (χ2v) is 7.19. The Morgan fingerprint density at radius 2 is 1.95 bits per heavy atom. The van der Waals surface area contributed by atoms with E-state index in [9.17, 15) is 0 Å². The van der Waals surface area contributed by atoms with E-state index >= 15 is 0 Å². The van der Waals surface area contributed by atoms with Gasteiger partial charge in [-0.15, -0.1) is 0 Å². The standard InChI is InChI=1S/C17H25ClN2/c1-12-5-8-15(11-16(12)18)20-19-14-9-6-13(7-10-14)17(2,3)4/h5,8-9,11,13,19-20H,6-7,10H2,1-4H3/t13-/m1/s1. The fraction of sp³-hybridized carbons (Fsp3) is 0.529. The predicted octanol–water partition coefficient (Wildman–Crippen LogP) is 5.30. The van der Waals surface area contributed by atoms with E-state index in [0.29, 0.717) is 5.41 Å². The highest BCUT2D eigenvalue weighted by molar-refractivity contribution is 6.31. The Morgan fingerprint density at radius 1 is 1.20 bits per heavy atom. The van der Waals surface area contributed by atoms with Crippen molar-refractivity contribution in [1.82, 2.24) is 5.43 Å². The Bertz CT molecular complexity index is 500. The Labute approximate surface area is 127 Å². The van der Waals surface area contributed by atoms with Crippen LogP contribution in [-0.2, 0) is 0 Å². The molecule has 0 bridgehead atoms. The molecule has 1 aliphatic carbocycles. The summed E-state index contributed by atoms with van der Waals surface area (Å²) >= 11 is 6.12. The second-order valence-electron chi connectivity index (χ2n) is 6.78. The molecule has 1 aliphatic rings. The van der Waals surface area contributed by atoms with E-state index in [1.165, 1.54) is 12.1 Å². The Kier molecular flexibility index (Phi) is 4.64. The van der Waals surface area contributed by atoms with Crippen LogP contribution in [0.5, 0.6) is 0 Å². The number of hydrazine groups is 1. The molecule has 0 aliphatic heterocycles. The van der Waals surface area contributed by atoms with Crippen LogP contribution in [0.15, 0.2) is 30.0 Å². The van der Waals surface area contributed by atoms with E-state index in [1.807, 2.05) is 25.1 Å². The van der Waals surface area contributed by atoms with E-state index in [2.05, 4.69) is 37.7 Å². The number of hydrogen-bond acceptors (Lipinski definition) is 2. The van der Waals surface area contributed by atoms with Gasteiger partial charge in [-0.3, -0.25) is 0 Å². The first-order valence-electron chi connectivity index (χ1n) is 7.33. The zero-order valence-electron chi connectivity index (χ0n) is 12.9. The van der Waals surface area contributed by atoms with E-state index < -0.39 is 0 Å². The van der Waals surface area contributed by atoms with Crippen molar-refractivity contribution < 1.29 is 0 Å². The van der Waals surface area contributed by atoms with Crippen molar-refractivity contribution in [3.8, 4) is 0 Å². The van der Waals surface area contributed by atoms with Crippen molar-refractivity contribution in [3.63, 3.8) is 0 Å². The summed E-state index contributed by atoms with van der Waals surface area (Å²) in [6.07, 6.45) is 5.83. The van der Waals surface area contributed by atoms with Crippen LogP contribution in [0, 0.1) is 18.3 Å². The summed E-state index contributed by atoms with van der Waals surface area (Å²) < 4.78 is 0. The molecular weight excluding hydrogens is 268 g/mol. The second kappa shape index (κ2) is 6.09. The van der Waals surface area contributed by atoms with Crippen LogP contribution in [0.1, 0.15) is 45.6 Å². The van der Waals surface area contributed by atoms with E-state index in [1.54, 1.807) is 0 Å². The van der Waals surface area contributed by atoms with E-state index in [-0.39, 0.29) is 0 Å². The van der Waals surface area contributed by atoms with Crippen LogP contribution in [-0.4, -0.2) is 0 Å². The normalized spacial score (nSPS) is 19.4. The summed E-state index contributed by atoms with van der Waals surface area (Å²) in [6.45, 7) is 9.00. The zero-order valence-corrected chi connectivity index (χ0v) is 13.6. The molecule has 1 aromatic rings. The summed E-state index contributed by atoms with van der Waals surface area (Å²) in [5, 5.41) is 0.794. The van der Waals surface area contributed by atoms with Crippen molar-refractivity contribution in [2.45, 2.75) is 47.0 Å². The quantitative estimate of drug-likeness (QED) is 0.739. The highest BCUT2D eigenvalue weighted by atomic mass is 35.5. The van der Waals surface area contributed by atoms with Gasteiger partial charge in [-0.1, -0.05) is 44.5 Å². The van der Waals surface area contributed by atoms with Crippen molar-refractivity contribution >= 4 is 17.3 Å². The predicted molar refractivity (Wildman–Crippen MR) is 87.8 cm³/mol. The van der Waals surface area contributed by atoms with E-state index in [4.69, 9.17) is 11.6 Å². The van der Waals surface area contributed by atoms with Gasteiger partial charge in [0, 0.05) is 10.7 Å². The van der Waals surface area contributed by atoms with Gasteiger partial charge < -0.3 is 10.9 Å². The molecule has 0 saturated heterocycles. The van der Waals surface area contributed by atoms with Gasteiger partial charge in [0.15, 0.2) is 0 Å². The smallest absolute Gasteiger partial charge is 0.0554 e. The van der Waals surface area contributed by atoms with Crippen molar-refractivity contribution in [3.05, 3.63) is 40.6 Å². The molecule has 2 N–H and O–H groups in total. The summed E-state index contributed by atoms with van der Waals surface area (Å²) in [5.41, 5.74) is 10.3. The largest absolute Gasteiger partial charge is 0.305 e. The van der Waals surface area contributed by atoms with Gasteiger partial charge >= 0.3 is 0 Å². The lowest BCUT2D eigenvalue weighted by molar-refractivity contribution is 0.219. The maximum absolute atomic E-state index is 6.12. The SMILES string of the molecule is Cc1ccc(NNC2=CC[C@@H](C(C)(C)C)CC2)cc1Cl. The molecule has 3 heteroatoms. The van der Waals surface area contributed by atoms with Gasteiger partial charge in [0.2, 0.25) is 0 Å². The maximum atomic E-state index is 6.12. The third-order valence-electron chi connectivity index (χ3n) is 4.17. The van der Waals surface area contributed by atoms with Crippen LogP contribution in [0.2, 0.25) is 5.02 Å². The number of nitrogens with one attached hydrogen (secondary N) is 2. The molecule has 0 unspecified atom stereocenters. The summed E-state index contributed by atoms with van der Waals surface area (Å²) in [7, 11) is 0. The molecule has 2 rings (SSSR count). The topological polar surface area (TPSA) is 24.1 Å². The molecule has 0 heterocycles. The molecule has 0 spiro atoms. The first-order chi connectivity index (χ1) is 9.36. The van der Waals surface area contributed by atoms with Gasteiger partial charge in [-0.05, 0) is 55.2 Å². The Hall–Kier alpha value is -1.15. The van der Waals surface area contributed by atoms with Crippen LogP contribution in [0.4, 0.5) is 5.69 Å². The molecule has 1 aromatic carbocycles. The average molecular weight is 293 g/mol. The lowest BCUT2D eigenvalue weighted by atomic mass is 9.74. The first-order valence-corrected chi connectivity index (χ1v) is 7.71. The minimum Gasteiger partial charge on any atom is -0.305 e. The number of hydrogen-bond donors (Lipinski definition) is 2. The van der Waals surface area contributed by atoms with Crippen LogP contribution in [0.25, 0.3) is 0 Å². The maximum Gasteiger partial charge on any atom is 0.0554 e. The third-order valence-corrected chi connectivity index (χ3v) is 4.58. The Morgan fingerprint density at radius 3 is 2.50 bits per heavy atom. The lowest BCUT2D eigenvalue weighted by Crippen LogP contribution is -2.27. The highest BCUT2D eigenvalue weighted by Crippen LogP contribution is 2.36. The molecule has 0 fully saturated rings. The molecule has 1 atom stereocenters. The molecule has 110 valence electrons. The number of allylic oxidation sites excluding steroid dienone is 2. The van der Waals surface area contributed by atoms with Crippen LogP contribution < -0.4 is 10.9 Å². The molecule has 0 radical (unpaired) electrons. The van der Waals surface area contributed by atoms with Crippen LogP contribution in [0.3, 0.4) is 0 Å². The van der Waals surface area contributed by atoms with Gasteiger partial charge in [0.25, 0.3) is 0 Å². The van der Waals surface area contributed by atoms with Gasteiger partial charge in [0.05, 0.1) is 5.69 Å². The number of anilines is 1. The highest BCUT2D eigenvalue weighted by Gasteiger charge is 2.26. The summed E-state index contributed by atoms with van der Waals surface area (Å²) in [5.74, 6) is 0.780. The number of benzene rings is 1. The van der Waals surface area contributed by atoms with Crippen molar-refractivity contribution in [2.75, 3.05) is 5.43 Å². The van der Waals surface area contributed by atoms with Crippen molar-refractivity contribution in [2.24, 2.45) is 11.3 Å². The number of aryl methyl sites for hydroxylation is 1.